The SMILES string of the molecule is CC(C)c1cccc(C2(NC(=O)OC(C)(C)C)CC2)c1. The zero-order valence-corrected chi connectivity index (χ0v) is 13.1. The molecular weight excluding hydrogens is 250 g/mol. The minimum atomic E-state index is -0.458. The molecule has 1 amide bonds. The highest BCUT2D eigenvalue weighted by Crippen LogP contribution is 2.46. The van der Waals surface area contributed by atoms with Gasteiger partial charge in [-0.3, -0.25) is 0 Å². The molecule has 0 radical (unpaired) electrons. The fourth-order valence-corrected chi connectivity index (χ4v) is 2.31. The van der Waals surface area contributed by atoms with Crippen molar-refractivity contribution >= 4 is 6.09 Å². The number of alkyl carbamates (subject to hydrolysis) is 1. The van der Waals surface area contributed by atoms with Gasteiger partial charge in [-0.15, -0.1) is 0 Å². The fourth-order valence-electron chi connectivity index (χ4n) is 2.31. The smallest absolute Gasteiger partial charge is 0.408 e. The molecular formula is C17H25NO2. The van der Waals surface area contributed by atoms with Gasteiger partial charge in [-0.25, -0.2) is 4.79 Å². The molecule has 0 spiro atoms. The molecule has 0 aliphatic heterocycles. The Hall–Kier alpha value is -1.51. The Morgan fingerprint density at radius 3 is 2.45 bits per heavy atom. The lowest BCUT2D eigenvalue weighted by molar-refractivity contribution is 0.0495. The number of carbonyl (C=O) groups excluding carboxylic acids is 1. The summed E-state index contributed by atoms with van der Waals surface area (Å²) in [7, 11) is 0. The summed E-state index contributed by atoms with van der Waals surface area (Å²) in [6.07, 6.45) is 1.63. The molecule has 0 bridgehead atoms. The Bertz CT molecular complexity index is 496. The van der Waals surface area contributed by atoms with Gasteiger partial charge < -0.3 is 10.1 Å². The van der Waals surface area contributed by atoms with Gasteiger partial charge in [0.05, 0.1) is 5.54 Å². The van der Waals surface area contributed by atoms with Gasteiger partial charge in [-0.1, -0.05) is 38.1 Å². The number of hydrogen-bond donors (Lipinski definition) is 1. The quantitative estimate of drug-likeness (QED) is 0.892. The van der Waals surface area contributed by atoms with Crippen LogP contribution in [-0.4, -0.2) is 11.7 Å². The van der Waals surface area contributed by atoms with Crippen molar-refractivity contribution in [2.24, 2.45) is 0 Å². The Labute approximate surface area is 121 Å². The molecule has 0 aromatic heterocycles. The summed E-state index contributed by atoms with van der Waals surface area (Å²) in [5.41, 5.74) is 1.82. The second kappa shape index (κ2) is 5.12. The molecule has 110 valence electrons. The van der Waals surface area contributed by atoms with E-state index in [1.54, 1.807) is 0 Å². The number of rotatable bonds is 3. The first-order chi connectivity index (χ1) is 9.22. The monoisotopic (exact) mass is 275 g/mol. The van der Waals surface area contributed by atoms with Crippen molar-refractivity contribution in [1.29, 1.82) is 0 Å². The first kappa shape index (κ1) is 14.9. The van der Waals surface area contributed by atoms with Crippen LogP contribution >= 0.6 is 0 Å². The standard InChI is InChI=1S/C17H25NO2/c1-12(2)13-7-6-8-14(11-13)17(9-10-17)18-15(19)20-16(3,4)5/h6-8,11-12H,9-10H2,1-5H3,(H,18,19). The molecule has 1 aliphatic carbocycles. The highest BCUT2D eigenvalue weighted by molar-refractivity contribution is 5.70. The van der Waals surface area contributed by atoms with Gasteiger partial charge in [-0.2, -0.15) is 0 Å². The van der Waals surface area contributed by atoms with Crippen molar-refractivity contribution in [2.75, 3.05) is 0 Å². The Morgan fingerprint density at radius 2 is 1.95 bits per heavy atom. The van der Waals surface area contributed by atoms with Gasteiger partial charge in [0.25, 0.3) is 0 Å². The third-order valence-corrected chi connectivity index (χ3v) is 3.60. The topological polar surface area (TPSA) is 38.3 Å². The number of benzene rings is 1. The number of nitrogens with one attached hydrogen (secondary N) is 1. The zero-order valence-electron chi connectivity index (χ0n) is 13.1. The molecule has 0 atom stereocenters. The second-order valence-corrected chi connectivity index (χ2v) is 6.99. The summed E-state index contributed by atoms with van der Waals surface area (Å²) in [5, 5.41) is 3.05. The van der Waals surface area contributed by atoms with Crippen LogP contribution in [0.4, 0.5) is 4.79 Å². The normalized spacial score (nSPS) is 16.9. The maximum absolute atomic E-state index is 12.0. The van der Waals surface area contributed by atoms with E-state index in [1.807, 2.05) is 20.8 Å². The lowest BCUT2D eigenvalue weighted by Crippen LogP contribution is -2.39. The molecule has 3 heteroatoms. The van der Waals surface area contributed by atoms with Crippen molar-refractivity contribution in [3.8, 4) is 0 Å². The molecule has 0 heterocycles. The summed E-state index contributed by atoms with van der Waals surface area (Å²) in [6, 6.07) is 8.50. The van der Waals surface area contributed by atoms with Crippen LogP contribution in [0.25, 0.3) is 0 Å². The second-order valence-electron chi connectivity index (χ2n) is 6.99. The average molecular weight is 275 g/mol. The Balaban J connectivity index is 2.12. The van der Waals surface area contributed by atoms with Crippen LogP contribution in [0.2, 0.25) is 0 Å². The van der Waals surface area contributed by atoms with Gasteiger partial charge >= 0.3 is 6.09 Å². The Morgan fingerprint density at radius 1 is 1.30 bits per heavy atom. The Kier molecular flexibility index (Phi) is 3.81. The molecule has 0 unspecified atom stereocenters. The van der Waals surface area contributed by atoms with Gasteiger partial charge in [0.2, 0.25) is 0 Å². The summed E-state index contributed by atoms with van der Waals surface area (Å²) in [4.78, 5) is 12.0. The molecule has 1 aliphatic rings. The third kappa shape index (κ3) is 3.53. The van der Waals surface area contributed by atoms with E-state index in [0.717, 1.165) is 12.8 Å². The number of carbonyl (C=O) groups is 1. The first-order valence-electron chi connectivity index (χ1n) is 7.33. The predicted octanol–water partition coefficient (Wildman–Crippen LogP) is 4.32. The minimum Gasteiger partial charge on any atom is -0.444 e. The van der Waals surface area contributed by atoms with E-state index in [2.05, 4.69) is 43.4 Å². The molecule has 20 heavy (non-hydrogen) atoms. The van der Waals surface area contributed by atoms with Crippen molar-refractivity contribution in [1.82, 2.24) is 5.32 Å². The molecule has 1 aromatic rings. The van der Waals surface area contributed by atoms with Crippen molar-refractivity contribution in [3.05, 3.63) is 35.4 Å². The molecule has 2 rings (SSSR count). The third-order valence-electron chi connectivity index (χ3n) is 3.60. The minimum absolute atomic E-state index is 0.215. The van der Waals surface area contributed by atoms with Crippen molar-refractivity contribution in [2.45, 2.75) is 64.5 Å². The van der Waals surface area contributed by atoms with E-state index in [-0.39, 0.29) is 11.6 Å². The molecule has 1 aromatic carbocycles. The fraction of sp³-hybridized carbons (Fsp3) is 0.588. The van der Waals surface area contributed by atoms with E-state index in [1.165, 1.54) is 11.1 Å². The van der Waals surface area contributed by atoms with Gasteiger partial charge in [0.15, 0.2) is 0 Å². The highest BCUT2D eigenvalue weighted by atomic mass is 16.6. The van der Waals surface area contributed by atoms with Crippen LogP contribution in [0.1, 0.15) is 64.5 Å². The van der Waals surface area contributed by atoms with Gasteiger partial charge in [0, 0.05) is 0 Å². The lowest BCUT2D eigenvalue weighted by Gasteiger charge is -2.24. The van der Waals surface area contributed by atoms with E-state index < -0.39 is 5.60 Å². The number of amides is 1. The van der Waals surface area contributed by atoms with Crippen molar-refractivity contribution in [3.63, 3.8) is 0 Å². The zero-order chi connectivity index (χ0) is 15.0. The summed E-state index contributed by atoms with van der Waals surface area (Å²) >= 11 is 0. The van der Waals surface area contributed by atoms with E-state index in [0.29, 0.717) is 5.92 Å². The predicted molar refractivity (Wildman–Crippen MR) is 80.8 cm³/mol. The van der Waals surface area contributed by atoms with Crippen LogP contribution in [0.3, 0.4) is 0 Å². The first-order valence-corrected chi connectivity index (χ1v) is 7.33. The van der Waals surface area contributed by atoms with Crippen LogP contribution in [0.5, 0.6) is 0 Å². The van der Waals surface area contributed by atoms with Gasteiger partial charge in [0.1, 0.15) is 5.60 Å². The molecule has 1 fully saturated rings. The maximum atomic E-state index is 12.0. The largest absolute Gasteiger partial charge is 0.444 e. The van der Waals surface area contributed by atoms with Crippen LogP contribution in [0.15, 0.2) is 24.3 Å². The average Bonchev–Trinajstić information content (AvgIpc) is 3.07. The van der Waals surface area contributed by atoms with Crippen LogP contribution < -0.4 is 5.32 Å². The maximum Gasteiger partial charge on any atom is 0.408 e. The van der Waals surface area contributed by atoms with Gasteiger partial charge in [-0.05, 0) is 50.7 Å². The molecule has 1 N–H and O–H groups in total. The molecule has 0 saturated heterocycles. The molecule has 1 saturated carbocycles. The summed E-state index contributed by atoms with van der Waals surface area (Å²) in [5.74, 6) is 0.493. The number of ether oxygens (including phenoxy) is 1. The highest BCUT2D eigenvalue weighted by Gasteiger charge is 2.46. The van der Waals surface area contributed by atoms with E-state index >= 15 is 0 Å². The molecule has 3 nitrogen and oxygen atoms in total. The number of hydrogen-bond acceptors (Lipinski definition) is 2. The summed E-state index contributed by atoms with van der Waals surface area (Å²) < 4.78 is 5.36. The lowest BCUT2D eigenvalue weighted by atomic mass is 9.96. The van der Waals surface area contributed by atoms with E-state index in [9.17, 15) is 4.79 Å². The van der Waals surface area contributed by atoms with Crippen LogP contribution in [-0.2, 0) is 10.3 Å². The summed E-state index contributed by atoms with van der Waals surface area (Å²) in [6.45, 7) is 10.0. The van der Waals surface area contributed by atoms with E-state index in [4.69, 9.17) is 4.74 Å². The van der Waals surface area contributed by atoms with Crippen molar-refractivity contribution < 1.29 is 9.53 Å². The van der Waals surface area contributed by atoms with Crippen LogP contribution in [0, 0.1) is 0 Å².